The SMILES string of the molecule is CNCC1CCCN(S(=O)(=O)NCCSC)C1. The van der Waals surface area contributed by atoms with Gasteiger partial charge in [0.05, 0.1) is 0 Å². The molecule has 0 amide bonds. The normalized spacial score (nSPS) is 22.8. The number of nitrogens with one attached hydrogen (secondary N) is 2. The van der Waals surface area contributed by atoms with Gasteiger partial charge >= 0.3 is 0 Å². The second-order valence-electron chi connectivity index (χ2n) is 4.32. The molecule has 0 radical (unpaired) electrons. The van der Waals surface area contributed by atoms with Crippen LogP contribution < -0.4 is 10.0 Å². The molecule has 7 heteroatoms. The molecule has 0 aromatic rings. The molecular formula is C10H23N3O2S2. The van der Waals surface area contributed by atoms with Gasteiger partial charge in [-0.25, -0.2) is 4.72 Å². The fourth-order valence-corrected chi connectivity index (χ4v) is 3.82. The molecule has 0 spiro atoms. The Bertz CT molecular complexity index is 307. The first-order chi connectivity index (χ1) is 8.10. The van der Waals surface area contributed by atoms with Crippen molar-refractivity contribution >= 4 is 22.0 Å². The number of hydrogen-bond donors (Lipinski definition) is 2. The molecule has 1 rings (SSSR count). The van der Waals surface area contributed by atoms with Crippen LogP contribution in [0.3, 0.4) is 0 Å². The molecule has 0 aliphatic carbocycles. The largest absolute Gasteiger partial charge is 0.319 e. The minimum absolute atomic E-state index is 0.436. The summed E-state index contributed by atoms with van der Waals surface area (Å²) < 4.78 is 28.2. The smallest absolute Gasteiger partial charge is 0.279 e. The highest BCUT2D eigenvalue weighted by Crippen LogP contribution is 2.17. The van der Waals surface area contributed by atoms with Gasteiger partial charge in [0.1, 0.15) is 0 Å². The summed E-state index contributed by atoms with van der Waals surface area (Å²) in [4.78, 5) is 0. The van der Waals surface area contributed by atoms with Gasteiger partial charge in [-0.15, -0.1) is 0 Å². The van der Waals surface area contributed by atoms with Gasteiger partial charge in [-0.2, -0.15) is 24.5 Å². The average Bonchev–Trinajstić information content (AvgIpc) is 2.30. The lowest BCUT2D eigenvalue weighted by atomic mass is 10.00. The summed E-state index contributed by atoms with van der Waals surface area (Å²) in [5.41, 5.74) is 0. The Labute approximate surface area is 109 Å². The van der Waals surface area contributed by atoms with Crippen molar-refractivity contribution in [1.82, 2.24) is 14.3 Å². The predicted octanol–water partition coefficient (Wildman–Crippen LogP) is 0.115. The third-order valence-corrected chi connectivity index (χ3v) is 5.10. The molecule has 5 nitrogen and oxygen atoms in total. The van der Waals surface area contributed by atoms with Crippen LogP contribution in [0.25, 0.3) is 0 Å². The van der Waals surface area contributed by atoms with Gasteiger partial charge in [0.2, 0.25) is 0 Å². The van der Waals surface area contributed by atoms with E-state index in [-0.39, 0.29) is 0 Å². The molecule has 1 heterocycles. The number of piperidine rings is 1. The Morgan fingerprint density at radius 2 is 2.24 bits per heavy atom. The third-order valence-electron chi connectivity index (χ3n) is 2.91. The standard InChI is InChI=1S/C10H23N3O2S2/c1-11-8-10-4-3-6-13(9-10)17(14,15)12-5-7-16-2/h10-12H,3-9H2,1-2H3. The minimum atomic E-state index is -3.26. The molecule has 0 saturated carbocycles. The van der Waals surface area contributed by atoms with Gasteiger partial charge in [-0.05, 0) is 38.6 Å². The van der Waals surface area contributed by atoms with E-state index in [1.165, 1.54) is 0 Å². The fourth-order valence-electron chi connectivity index (χ4n) is 2.06. The van der Waals surface area contributed by atoms with E-state index >= 15 is 0 Å². The van der Waals surface area contributed by atoms with Crippen LogP contribution in [0.4, 0.5) is 0 Å². The molecule has 1 aliphatic heterocycles. The average molecular weight is 281 g/mol. The molecular weight excluding hydrogens is 258 g/mol. The van der Waals surface area contributed by atoms with E-state index in [9.17, 15) is 8.42 Å². The molecule has 2 N–H and O–H groups in total. The third kappa shape index (κ3) is 5.13. The number of nitrogens with zero attached hydrogens (tertiary/aromatic N) is 1. The summed E-state index contributed by atoms with van der Waals surface area (Å²) in [6.45, 7) is 2.68. The first-order valence-electron chi connectivity index (χ1n) is 5.98. The molecule has 0 aromatic heterocycles. The molecule has 0 bridgehead atoms. The van der Waals surface area contributed by atoms with Gasteiger partial charge < -0.3 is 5.32 Å². The first-order valence-corrected chi connectivity index (χ1v) is 8.82. The zero-order valence-corrected chi connectivity index (χ0v) is 12.2. The van der Waals surface area contributed by atoms with Gasteiger partial charge in [0.15, 0.2) is 0 Å². The van der Waals surface area contributed by atoms with E-state index in [2.05, 4.69) is 10.0 Å². The van der Waals surface area contributed by atoms with Crippen LogP contribution in [-0.4, -0.2) is 58.0 Å². The van der Waals surface area contributed by atoms with Crippen LogP contribution in [0.2, 0.25) is 0 Å². The summed E-state index contributed by atoms with van der Waals surface area (Å²) in [5.74, 6) is 1.25. The van der Waals surface area contributed by atoms with Crippen LogP contribution >= 0.6 is 11.8 Å². The molecule has 102 valence electrons. The summed E-state index contributed by atoms with van der Waals surface area (Å²) in [6, 6.07) is 0. The fraction of sp³-hybridized carbons (Fsp3) is 1.00. The topological polar surface area (TPSA) is 61.4 Å². The van der Waals surface area contributed by atoms with Crippen molar-refractivity contribution in [2.24, 2.45) is 5.92 Å². The van der Waals surface area contributed by atoms with E-state index in [1.807, 2.05) is 13.3 Å². The molecule has 1 saturated heterocycles. The minimum Gasteiger partial charge on any atom is -0.319 e. The van der Waals surface area contributed by atoms with Crippen LogP contribution in [0.1, 0.15) is 12.8 Å². The second-order valence-corrected chi connectivity index (χ2v) is 7.06. The summed E-state index contributed by atoms with van der Waals surface area (Å²) in [5, 5.41) is 3.12. The van der Waals surface area contributed by atoms with Crippen LogP contribution in [0, 0.1) is 5.92 Å². The highest BCUT2D eigenvalue weighted by Gasteiger charge is 2.27. The summed E-state index contributed by atoms with van der Waals surface area (Å²) in [6.07, 6.45) is 4.03. The van der Waals surface area contributed by atoms with E-state index in [0.717, 1.165) is 25.1 Å². The lowest BCUT2D eigenvalue weighted by molar-refractivity contribution is 0.261. The van der Waals surface area contributed by atoms with Gasteiger partial charge in [-0.3, -0.25) is 0 Å². The second kappa shape index (κ2) is 7.58. The maximum Gasteiger partial charge on any atom is 0.279 e. The van der Waals surface area contributed by atoms with Crippen molar-refractivity contribution in [3.05, 3.63) is 0 Å². The van der Waals surface area contributed by atoms with Crippen LogP contribution in [0.15, 0.2) is 0 Å². The molecule has 1 atom stereocenters. The van der Waals surface area contributed by atoms with Crippen molar-refractivity contribution in [2.45, 2.75) is 12.8 Å². The quantitative estimate of drug-likeness (QED) is 0.651. The lowest BCUT2D eigenvalue weighted by Gasteiger charge is -2.31. The predicted molar refractivity (Wildman–Crippen MR) is 73.5 cm³/mol. The molecule has 1 aliphatic rings. The summed E-state index contributed by atoms with van der Waals surface area (Å²) in [7, 11) is -1.36. The van der Waals surface area contributed by atoms with Crippen molar-refractivity contribution in [2.75, 3.05) is 45.2 Å². The highest BCUT2D eigenvalue weighted by atomic mass is 32.2. The van der Waals surface area contributed by atoms with Gasteiger partial charge in [0, 0.05) is 25.4 Å². The Kier molecular flexibility index (Phi) is 6.79. The van der Waals surface area contributed by atoms with Crippen molar-refractivity contribution < 1.29 is 8.42 Å². The number of rotatable bonds is 7. The first kappa shape index (κ1) is 15.2. The van der Waals surface area contributed by atoms with Crippen molar-refractivity contribution in [3.63, 3.8) is 0 Å². The highest BCUT2D eigenvalue weighted by molar-refractivity contribution is 7.98. The molecule has 1 fully saturated rings. The zero-order valence-electron chi connectivity index (χ0n) is 10.6. The monoisotopic (exact) mass is 281 g/mol. The Morgan fingerprint density at radius 3 is 2.88 bits per heavy atom. The maximum atomic E-state index is 12.0. The van der Waals surface area contributed by atoms with Crippen molar-refractivity contribution in [3.8, 4) is 0 Å². The van der Waals surface area contributed by atoms with E-state index in [4.69, 9.17) is 0 Å². The van der Waals surface area contributed by atoms with E-state index in [1.54, 1.807) is 16.1 Å². The Balaban J connectivity index is 2.46. The molecule has 1 unspecified atom stereocenters. The zero-order chi connectivity index (χ0) is 12.7. The lowest BCUT2D eigenvalue weighted by Crippen LogP contribution is -2.47. The molecule has 0 aromatic carbocycles. The Hall–Kier alpha value is 0.180. The summed E-state index contributed by atoms with van der Waals surface area (Å²) >= 11 is 1.64. The van der Waals surface area contributed by atoms with E-state index < -0.39 is 10.2 Å². The van der Waals surface area contributed by atoms with Crippen LogP contribution in [0.5, 0.6) is 0 Å². The van der Waals surface area contributed by atoms with Crippen LogP contribution in [-0.2, 0) is 10.2 Å². The number of hydrogen-bond acceptors (Lipinski definition) is 4. The van der Waals surface area contributed by atoms with Gasteiger partial charge in [0.25, 0.3) is 10.2 Å². The number of thioether (sulfide) groups is 1. The Morgan fingerprint density at radius 1 is 1.47 bits per heavy atom. The van der Waals surface area contributed by atoms with Gasteiger partial charge in [-0.1, -0.05) is 0 Å². The van der Waals surface area contributed by atoms with E-state index in [0.29, 0.717) is 25.6 Å². The molecule has 17 heavy (non-hydrogen) atoms. The maximum absolute atomic E-state index is 12.0. The van der Waals surface area contributed by atoms with Crippen molar-refractivity contribution in [1.29, 1.82) is 0 Å².